The number of amides is 1. The second-order valence-electron chi connectivity index (χ2n) is 8.39. The highest BCUT2D eigenvalue weighted by atomic mass is 35.5. The summed E-state index contributed by atoms with van der Waals surface area (Å²) in [6, 6.07) is 9.80. The molecule has 1 saturated heterocycles. The first-order chi connectivity index (χ1) is 15.8. The molecule has 170 valence electrons. The van der Waals surface area contributed by atoms with Gasteiger partial charge in [0.25, 0.3) is 5.92 Å². The van der Waals surface area contributed by atoms with Crippen molar-refractivity contribution in [3.8, 4) is 6.07 Å². The Morgan fingerprint density at radius 2 is 1.88 bits per heavy atom. The van der Waals surface area contributed by atoms with Crippen molar-refractivity contribution in [1.82, 2.24) is 9.88 Å². The summed E-state index contributed by atoms with van der Waals surface area (Å²) in [5.74, 6) is -3.94. The van der Waals surface area contributed by atoms with Crippen LogP contribution in [0, 0.1) is 11.3 Å². The third kappa shape index (κ3) is 4.96. The molecule has 1 atom stereocenters. The molecule has 1 fully saturated rings. The Morgan fingerprint density at radius 3 is 2.61 bits per heavy atom. The summed E-state index contributed by atoms with van der Waals surface area (Å²) < 4.78 is 27.3. The second kappa shape index (κ2) is 9.40. The van der Waals surface area contributed by atoms with E-state index in [-0.39, 0.29) is 18.6 Å². The number of allylic oxidation sites excluding steroid dienone is 2. The quantitative estimate of drug-likeness (QED) is 0.520. The molecule has 1 aliphatic carbocycles. The number of halogens is 3. The molecular formula is C25H22ClF2N3O2. The number of likely N-dealkylation sites (tertiary alicyclic amines) is 1. The summed E-state index contributed by atoms with van der Waals surface area (Å²) in [5, 5.41) is 9.75. The summed E-state index contributed by atoms with van der Waals surface area (Å²) in [5.41, 5.74) is 4.43. The van der Waals surface area contributed by atoms with Gasteiger partial charge in [0.2, 0.25) is 5.91 Å². The SMILES string of the molecule is N#C[C@@H]1CC(F)(F)CN1C(=O)CCC(=O)c1ccncc1C1=C(c2ccc(Cl)cc2)CCC1. The number of rotatable bonds is 6. The predicted molar refractivity (Wildman–Crippen MR) is 121 cm³/mol. The lowest BCUT2D eigenvalue weighted by atomic mass is 9.92. The zero-order valence-electron chi connectivity index (χ0n) is 17.9. The molecule has 4 rings (SSSR count). The van der Waals surface area contributed by atoms with E-state index in [0.717, 1.165) is 46.4 Å². The van der Waals surface area contributed by atoms with Gasteiger partial charge in [0, 0.05) is 47.8 Å². The summed E-state index contributed by atoms with van der Waals surface area (Å²) in [4.78, 5) is 30.7. The van der Waals surface area contributed by atoms with E-state index in [1.807, 2.05) is 24.3 Å². The number of pyridine rings is 1. The minimum Gasteiger partial charge on any atom is -0.320 e. The van der Waals surface area contributed by atoms with Crippen molar-refractivity contribution in [1.29, 1.82) is 5.26 Å². The van der Waals surface area contributed by atoms with Crippen LogP contribution in [0.5, 0.6) is 0 Å². The van der Waals surface area contributed by atoms with Crippen LogP contribution in [0.1, 0.15) is 60.0 Å². The van der Waals surface area contributed by atoms with E-state index >= 15 is 0 Å². The maximum absolute atomic E-state index is 13.6. The minimum atomic E-state index is -3.08. The Morgan fingerprint density at radius 1 is 1.15 bits per heavy atom. The van der Waals surface area contributed by atoms with Crippen molar-refractivity contribution in [2.45, 2.75) is 50.5 Å². The fourth-order valence-electron chi connectivity index (χ4n) is 4.58. The van der Waals surface area contributed by atoms with Crippen molar-refractivity contribution in [2.75, 3.05) is 6.54 Å². The smallest absolute Gasteiger partial charge is 0.268 e. The average molecular weight is 470 g/mol. The van der Waals surface area contributed by atoms with Gasteiger partial charge in [0.1, 0.15) is 6.04 Å². The molecule has 1 aromatic carbocycles. The highest BCUT2D eigenvalue weighted by Crippen LogP contribution is 2.41. The van der Waals surface area contributed by atoms with Crippen molar-refractivity contribution >= 4 is 34.4 Å². The number of ketones is 1. The molecule has 1 aliphatic heterocycles. The lowest BCUT2D eigenvalue weighted by molar-refractivity contribution is -0.132. The number of benzene rings is 1. The Balaban J connectivity index is 1.53. The summed E-state index contributed by atoms with van der Waals surface area (Å²) in [6.45, 7) is -0.782. The summed E-state index contributed by atoms with van der Waals surface area (Å²) >= 11 is 6.02. The predicted octanol–water partition coefficient (Wildman–Crippen LogP) is 5.55. The van der Waals surface area contributed by atoms with Crippen LogP contribution in [0.3, 0.4) is 0 Å². The molecule has 0 radical (unpaired) electrons. The van der Waals surface area contributed by atoms with Gasteiger partial charge in [0.15, 0.2) is 5.78 Å². The largest absolute Gasteiger partial charge is 0.320 e. The molecule has 0 spiro atoms. The average Bonchev–Trinajstić information content (AvgIpc) is 3.41. The number of hydrogen-bond donors (Lipinski definition) is 0. The zero-order chi connectivity index (χ0) is 23.6. The maximum Gasteiger partial charge on any atom is 0.268 e. The summed E-state index contributed by atoms with van der Waals surface area (Å²) in [7, 11) is 0. The van der Waals surface area contributed by atoms with Crippen molar-refractivity contribution in [3.05, 3.63) is 64.4 Å². The van der Waals surface area contributed by atoms with E-state index in [1.165, 1.54) is 6.20 Å². The first-order valence-electron chi connectivity index (χ1n) is 10.8. The van der Waals surface area contributed by atoms with Crippen molar-refractivity contribution < 1.29 is 18.4 Å². The molecule has 5 nitrogen and oxygen atoms in total. The van der Waals surface area contributed by atoms with Gasteiger partial charge < -0.3 is 4.90 Å². The number of nitrogens with zero attached hydrogens (tertiary/aromatic N) is 3. The summed E-state index contributed by atoms with van der Waals surface area (Å²) in [6.07, 6.45) is 4.80. The monoisotopic (exact) mass is 469 g/mol. The van der Waals surface area contributed by atoms with Crippen molar-refractivity contribution in [2.24, 2.45) is 0 Å². The molecule has 2 aliphatic rings. The third-order valence-corrected chi connectivity index (χ3v) is 6.41. The molecule has 33 heavy (non-hydrogen) atoms. The molecule has 8 heteroatoms. The molecule has 0 unspecified atom stereocenters. The van der Waals surface area contributed by atoms with Gasteiger partial charge in [-0.1, -0.05) is 23.7 Å². The molecule has 0 N–H and O–H groups in total. The Labute approximate surface area is 195 Å². The Kier molecular flexibility index (Phi) is 6.57. The van der Waals surface area contributed by atoms with Gasteiger partial charge in [0.05, 0.1) is 12.6 Å². The normalized spacial score (nSPS) is 19.6. The van der Waals surface area contributed by atoms with Crippen LogP contribution in [-0.2, 0) is 4.79 Å². The first-order valence-corrected chi connectivity index (χ1v) is 11.2. The van der Waals surface area contributed by atoms with E-state index in [1.54, 1.807) is 18.3 Å². The van der Waals surface area contributed by atoms with Crippen LogP contribution in [0.2, 0.25) is 5.02 Å². The molecule has 0 saturated carbocycles. The van der Waals surface area contributed by atoms with E-state index in [4.69, 9.17) is 16.9 Å². The lowest BCUT2D eigenvalue weighted by Gasteiger charge is -2.19. The number of Topliss-reactive ketones (excluding diaryl/α,β-unsaturated/α-hetero) is 1. The topological polar surface area (TPSA) is 74.1 Å². The van der Waals surface area contributed by atoms with E-state index < -0.39 is 30.8 Å². The number of hydrogen-bond acceptors (Lipinski definition) is 4. The highest BCUT2D eigenvalue weighted by molar-refractivity contribution is 6.30. The van der Waals surface area contributed by atoms with Crippen LogP contribution in [0.4, 0.5) is 8.78 Å². The van der Waals surface area contributed by atoms with E-state index in [2.05, 4.69) is 4.98 Å². The lowest BCUT2D eigenvalue weighted by Crippen LogP contribution is -2.36. The number of carbonyl (C=O) groups excluding carboxylic acids is 2. The molecule has 2 heterocycles. The first kappa shape index (κ1) is 23.1. The van der Waals surface area contributed by atoms with Gasteiger partial charge in [-0.25, -0.2) is 8.78 Å². The molecular weight excluding hydrogens is 448 g/mol. The molecule has 1 aromatic heterocycles. The Hall–Kier alpha value is -3.11. The Bertz CT molecular complexity index is 1150. The molecule has 2 aromatic rings. The highest BCUT2D eigenvalue weighted by Gasteiger charge is 2.47. The van der Waals surface area contributed by atoms with Crippen LogP contribution < -0.4 is 0 Å². The van der Waals surface area contributed by atoms with Crippen LogP contribution in [0.15, 0.2) is 42.7 Å². The number of alkyl halides is 2. The maximum atomic E-state index is 13.6. The standard InChI is InChI=1S/C25H22ClF2N3O2/c26-17-6-4-16(5-7-17)19-2-1-3-20(19)22-14-30-11-10-21(22)23(32)8-9-24(33)31-15-25(27,28)12-18(31)13-29/h4-7,10-11,14,18H,1-3,8-9,12,15H2/t18-/m0/s1. The fraction of sp³-hybridized carbons (Fsp3) is 0.360. The number of carbonyl (C=O) groups is 2. The van der Waals surface area contributed by atoms with Gasteiger partial charge in [-0.05, 0) is 54.2 Å². The zero-order valence-corrected chi connectivity index (χ0v) is 18.6. The van der Waals surface area contributed by atoms with Gasteiger partial charge in [-0.3, -0.25) is 14.6 Å². The van der Waals surface area contributed by atoms with Crippen molar-refractivity contribution in [3.63, 3.8) is 0 Å². The van der Waals surface area contributed by atoms with Crippen LogP contribution in [-0.4, -0.2) is 40.1 Å². The van der Waals surface area contributed by atoms with Gasteiger partial charge in [-0.2, -0.15) is 5.26 Å². The van der Waals surface area contributed by atoms with Gasteiger partial charge in [-0.15, -0.1) is 0 Å². The molecule has 0 bridgehead atoms. The third-order valence-electron chi connectivity index (χ3n) is 6.16. The van der Waals surface area contributed by atoms with E-state index in [0.29, 0.717) is 10.6 Å². The number of aromatic nitrogens is 1. The van der Waals surface area contributed by atoms with Crippen LogP contribution >= 0.6 is 11.6 Å². The van der Waals surface area contributed by atoms with Crippen LogP contribution in [0.25, 0.3) is 11.1 Å². The van der Waals surface area contributed by atoms with E-state index in [9.17, 15) is 18.4 Å². The molecule has 1 amide bonds. The number of nitriles is 1. The van der Waals surface area contributed by atoms with Gasteiger partial charge >= 0.3 is 0 Å². The fourth-order valence-corrected chi connectivity index (χ4v) is 4.71. The second-order valence-corrected chi connectivity index (χ2v) is 8.83. The minimum absolute atomic E-state index is 0.125.